The highest BCUT2D eigenvalue weighted by Crippen LogP contribution is 2.67. The summed E-state index contributed by atoms with van der Waals surface area (Å²) in [5.41, 5.74) is -0.705. The number of hydrogen-bond donors (Lipinski definition) is 0. The van der Waals surface area contributed by atoms with Gasteiger partial charge in [0.15, 0.2) is 0 Å². The minimum atomic E-state index is -3.48. The molecule has 0 aromatic carbocycles. The number of carbonyl (C=O) groups is 1. The van der Waals surface area contributed by atoms with Gasteiger partial charge in [-0.15, -0.1) is 0 Å². The van der Waals surface area contributed by atoms with E-state index in [0.29, 0.717) is 5.92 Å². The molecular weight excluding hydrogens is 338 g/mol. The summed E-state index contributed by atoms with van der Waals surface area (Å²) in [4.78, 5) is 11.8. The summed E-state index contributed by atoms with van der Waals surface area (Å²) in [7, 11) is -3.48. The van der Waals surface area contributed by atoms with E-state index >= 15 is 0 Å². The van der Waals surface area contributed by atoms with Gasteiger partial charge in [-0.2, -0.15) is 4.31 Å². The number of carbonyl (C=O) groups excluding carboxylic acids is 1. The van der Waals surface area contributed by atoms with E-state index in [0.717, 1.165) is 25.3 Å². The minimum Gasteiger partial charge on any atom is -0.459 e. The predicted molar refractivity (Wildman–Crippen MR) is 99.5 cm³/mol. The van der Waals surface area contributed by atoms with Gasteiger partial charge in [0, 0.05) is 23.6 Å². The summed E-state index contributed by atoms with van der Waals surface area (Å²) in [5, 5.41) is 0. The Morgan fingerprint density at radius 2 is 1.84 bits per heavy atom. The van der Waals surface area contributed by atoms with Crippen molar-refractivity contribution in [3.8, 4) is 0 Å². The quantitative estimate of drug-likeness (QED) is 0.508. The van der Waals surface area contributed by atoms with Gasteiger partial charge in [-0.1, -0.05) is 20.4 Å². The monoisotopic (exact) mass is 371 g/mol. The zero-order chi connectivity index (χ0) is 19.2. The molecule has 25 heavy (non-hydrogen) atoms. The highest BCUT2D eigenvalue weighted by atomic mass is 32.2. The van der Waals surface area contributed by atoms with Crippen LogP contribution in [0.1, 0.15) is 60.8 Å². The molecule has 6 heteroatoms. The SMILES string of the molecule is C=CC(=O)OC1CC2CCC1(CS(=O)(=O)N(C(C)C)C(C)C)C2(C)C. The maximum absolute atomic E-state index is 13.3. The first-order valence-electron chi connectivity index (χ1n) is 9.23. The number of rotatable bonds is 7. The van der Waals surface area contributed by atoms with Crippen molar-refractivity contribution in [2.75, 3.05) is 5.75 Å². The van der Waals surface area contributed by atoms with Crippen LogP contribution in [0.5, 0.6) is 0 Å². The normalized spacial score (nSPS) is 31.1. The maximum atomic E-state index is 13.3. The fourth-order valence-corrected chi connectivity index (χ4v) is 8.12. The molecule has 3 unspecified atom stereocenters. The Kier molecular flexibility index (Phi) is 5.47. The standard InChI is InChI=1S/C19H33NO4S/c1-8-17(21)24-16-11-15-9-10-19(16,18(15,6)7)12-25(22,23)20(13(2)3)14(4)5/h8,13-16H,1,9-12H2,2-7H3. The van der Waals surface area contributed by atoms with E-state index in [4.69, 9.17) is 4.74 Å². The lowest BCUT2D eigenvalue weighted by Crippen LogP contribution is -2.52. The van der Waals surface area contributed by atoms with Crippen molar-refractivity contribution in [3.63, 3.8) is 0 Å². The van der Waals surface area contributed by atoms with Crippen molar-refractivity contribution in [1.29, 1.82) is 0 Å². The number of sulfonamides is 1. The number of esters is 1. The van der Waals surface area contributed by atoms with Gasteiger partial charge >= 0.3 is 5.97 Å². The van der Waals surface area contributed by atoms with Gasteiger partial charge in [0.05, 0.1) is 5.75 Å². The molecule has 0 heterocycles. The van der Waals surface area contributed by atoms with Crippen molar-refractivity contribution in [2.24, 2.45) is 16.7 Å². The second-order valence-electron chi connectivity index (χ2n) is 8.75. The molecule has 3 atom stereocenters. The number of nitrogens with zero attached hydrogens (tertiary/aromatic N) is 1. The molecule has 0 aromatic rings. The van der Waals surface area contributed by atoms with Crippen LogP contribution in [-0.4, -0.2) is 42.6 Å². The van der Waals surface area contributed by atoms with Gasteiger partial charge in [-0.3, -0.25) is 0 Å². The van der Waals surface area contributed by atoms with Crippen LogP contribution in [0, 0.1) is 16.7 Å². The van der Waals surface area contributed by atoms with Crippen LogP contribution in [0.4, 0.5) is 0 Å². The Hall–Kier alpha value is -0.880. The highest BCUT2D eigenvalue weighted by Gasteiger charge is 2.67. The van der Waals surface area contributed by atoms with E-state index in [1.54, 1.807) is 4.31 Å². The molecule has 2 aliphatic carbocycles. The van der Waals surface area contributed by atoms with E-state index in [2.05, 4.69) is 20.4 Å². The smallest absolute Gasteiger partial charge is 0.330 e. The summed E-state index contributed by atoms with van der Waals surface area (Å²) in [6.45, 7) is 15.4. The van der Waals surface area contributed by atoms with Crippen LogP contribution in [-0.2, 0) is 19.6 Å². The van der Waals surface area contributed by atoms with Gasteiger partial charge in [-0.05, 0) is 58.3 Å². The summed E-state index contributed by atoms with van der Waals surface area (Å²) in [5.74, 6) is -0.0406. The molecule has 2 aliphatic rings. The molecule has 0 aliphatic heterocycles. The average Bonchev–Trinajstić information content (AvgIpc) is 2.79. The van der Waals surface area contributed by atoms with Gasteiger partial charge in [0.2, 0.25) is 10.0 Å². The van der Waals surface area contributed by atoms with Crippen LogP contribution in [0.3, 0.4) is 0 Å². The number of hydrogen-bond acceptors (Lipinski definition) is 4. The number of ether oxygens (including phenoxy) is 1. The van der Waals surface area contributed by atoms with Gasteiger partial charge in [-0.25, -0.2) is 13.2 Å². The van der Waals surface area contributed by atoms with Crippen LogP contribution in [0.15, 0.2) is 12.7 Å². The first-order chi connectivity index (χ1) is 11.4. The lowest BCUT2D eigenvalue weighted by atomic mass is 9.69. The van der Waals surface area contributed by atoms with Crippen molar-refractivity contribution in [2.45, 2.75) is 79.0 Å². The van der Waals surface area contributed by atoms with E-state index in [-0.39, 0.29) is 29.4 Å². The minimum absolute atomic E-state index is 0.0367. The molecule has 0 saturated heterocycles. The molecule has 0 aromatic heterocycles. The topological polar surface area (TPSA) is 63.7 Å². The molecule has 144 valence electrons. The van der Waals surface area contributed by atoms with Crippen LogP contribution in [0.2, 0.25) is 0 Å². The Balaban J connectivity index is 2.41. The predicted octanol–water partition coefficient (Wildman–Crippen LogP) is 3.36. The molecule has 0 radical (unpaired) electrons. The Morgan fingerprint density at radius 3 is 2.28 bits per heavy atom. The first kappa shape index (κ1) is 20.4. The molecular formula is C19H33NO4S. The fraction of sp³-hybridized carbons (Fsp3) is 0.842. The summed E-state index contributed by atoms with van der Waals surface area (Å²) in [6.07, 6.45) is 3.32. The largest absolute Gasteiger partial charge is 0.459 e. The maximum Gasteiger partial charge on any atom is 0.330 e. The molecule has 0 spiro atoms. The zero-order valence-electron chi connectivity index (χ0n) is 16.4. The van der Waals surface area contributed by atoms with Crippen molar-refractivity contribution in [3.05, 3.63) is 12.7 Å². The lowest BCUT2D eigenvalue weighted by molar-refractivity contribution is -0.150. The Morgan fingerprint density at radius 1 is 1.28 bits per heavy atom. The third-order valence-electron chi connectivity index (χ3n) is 6.56. The third kappa shape index (κ3) is 3.27. The zero-order valence-corrected chi connectivity index (χ0v) is 17.2. The fourth-order valence-electron chi connectivity index (χ4n) is 5.33. The van der Waals surface area contributed by atoms with E-state index < -0.39 is 21.4 Å². The van der Waals surface area contributed by atoms with Gasteiger partial charge < -0.3 is 4.74 Å². The molecule has 0 amide bonds. The van der Waals surface area contributed by atoms with Crippen LogP contribution >= 0.6 is 0 Å². The third-order valence-corrected chi connectivity index (χ3v) is 8.93. The van der Waals surface area contributed by atoms with E-state index in [1.807, 2.05) is 27.7 Å². The average molecular weight is 372 g/mol. The van der Waals surface area contributed by atoms with Gasteiger partial charge in [0.1, 0.15) is 6.10 Å². The molecule has 2 fully saturated rings. The summed E-state index contributed by atoms with van der Waals surface area (Å²) < 4.78 is 33.8. The molecule has 2 bridgehead atoms. The second kappa shape index (κ2) is 6.69. The van der Waals surface area contributed by atoms with Crippen molar-refractivity contribution >= 4 is 16.0 Å². The molecule has 2 saturated carbocycles. The first-order valence-corrected chi connectivity index (χ1v) is 10.8. The summed E-state index contributed by atoms with van der Waals surface area (Å²) >= 11 is 0. The summed E-state index contributed by atoms with van der Waals surface area (Å²) in [6, 6.07) is -0.199. The van der Waals surface area contributed by atoms with E-state index in [1.165, 1.54) is 0 Å². The van der Waals surface area contributed by atoms with Crippen LogP contribution in [0.25, 0.3) is 0 Å². The molecule has 0 N–H and O–H groups in total. The Bertz CT molecular complexity index is 630. The van der Waals surface area contributed by atoms with Crippen molar-refractivity contribution in [1.82, 2.24) is 4.31 Å². The van der Waals surface area contributed by atoms with Gasteiger partial charge in [0.25, 0.3) is 0 Å². The van der Waals surface area contributed by atoms with E-state index in [9.17, 15) is 13.2 Å². The van der Waals surface area contributed by atoms with Crippen LogP contribution < -0.4 is 0 Å². The highest BCUT2D eigenvalue weighted by molar-refractivity contribution is 7.89. The second-order valence-corrected chi connectivity index (χ2v) is 10.6. The molecule has 2 rings (SSSR count). The molecule has 5 nitrogen and oxygen atoms in total. The Labute approximate surface area is 152 Å². The van der Waals surface area contributed by atoms with Crippen molar-refractivity contribution < 1.29 is 17.9 Å². The number of fused-ring (bicyclic) bond motifs is 2. The lowest BCUT2D eigenvalue weighted by Gasteiger charge is -2.43.